The molecular formula is C20H15Cl2N3O2S. The Bertz CT molecular complexity index is 1120. The lowest BCUT2D eigenvalue weighted by atomic mass is 9.87. The van der Waals surface area contributed by atoms with Crippen molar-refractivity contribution in [2.45, 2.75) is 23.2 Å². The Labute approximate surface area is 175 Å². The van der Waals surface area contributed by atoms with Gasteiger partial charge in [-0.05, 0) is 35.4 Å². The Balaban J connectivity index is 1.66. The maximum Gasteiger partial charge on any atom is 0.257 e. The molecule has 8 heteroatoms. The first-order valence-corrected chi connectivity index (χ1v) is 10.3. The molecule has 1 atom stereocenters. The zero-order chi connectivity index (χ0) is 19.7. The number of aromatic nitrogens is 2. The normalized spacial score (nSPS) is 15.8. The molecule has 0 radical (unpaired) electrons. The van der Waals surface area contributed by atoms with Crippen molar-refractivity contribution in [3.63, 3.8) is 0 Å². The van der Waals surface area contributed by atoms with Gasteiger partial charge in [0.25, 0.3) is 5.56 Å². The van der Waals surface area contributed by atoms with Gasteiger partial charge in [0, 0.05) is 28.1 Å². The van der Waals surface area contributed by atoms with Crippen molar-refractivity contribution in [3.05, 3.63) is 85.6 Å². The fraction of sp³-hybridized carbons (Fsp3) is 0.150. The van der Waals surface area contributed by atoms with Crippen LogP contribution in [0.15, 0.2) is 58.5 Å². The molecule has 142 valence electrons. The molecule has 0 fully saturated rings. The standard InChI is InChI=1S/C20H15Cl2N3O2S/c21-13-5-1-3-11(7-13)10-28-20-24-18-17(19(27)25-20)15(9-16(26)23-18)12-4-2-6-14(22)8-12/h1-8,15H,9-10H2,(H2,23,24,25,26,27). The van der Waals surface area contributed by atoms with Crippen LogP contribution < -0.4 is 10.9 Å². The minimum absolute atomic E-state index is 0.174. The van der Waals surface area contributed by atoms with Crippen molar-refractivity contribution in [1.29, 1.82) is 0 Å². The van der Waals surface area contributed by atoms with Crippen LogP contribution in [0.2, 0.25) is 10.0 Å². The molecule has 0 saturated heterocycles. The molecule has 4 rings (SSSR count). The Morgan fingerprint density at radius 1 is 1.07 bits per heavy atom. The predicted octanol–water partition coefficient (Wildman–Crippen LogP) is 4.84. The van der Waals surface area contributed by atoms with Crippen LogP contribution in [0, 0.1) is 0 Å². The molecule has 0 spiro atoms. The van der Waals surface area contributed by atoms with Crippen molar-refractivity contribution < 1.29 is 4.79 Å². The second kappa shape index (κ2) is 7.99. The number of nitrogens with zero attached hydrogens (tertiary/aromatic N) is 1. The predicted molar refractivity (Wildman–Crippen MR) is 112 cm³/mol. The lowest BCUT2D eigenvalue weighted by Crippen LogP contribution is -2.31. The number of amides is 1. The Hall–Kier alpha value is -2.28. The third kappa shape index (κ3) is 4.09. The fourth-order valence-corrected chi connectivity index (χ4v) is 4.42. The molecule has 2 heterocycles. The van der Waals surface area contributed by atoms with E-state index in [-0.39, 0.29) is 23.8 Å². The molecule has 0 saturated carbocycles. The van der Waals surface area contributed by atoms with E-state index >= 15 is 0 Å². The van der Waals surface area contributed by atoms with E-state index in [1.807, 2.05) is 24.3 Å². The molecule has 1 aliphatic rings. The summed E-state index contributed by atoms with van der Waals surface area (Å²) in [5.74, 6) is 0.333. The van der Waals surface area contributed by atoms with E-state index in [4.69, 9.17) is 23.2 Å². The molecular weight excluding hydrogens is 417 g/mol. The summed E-state index contributed by atoms with van der Waals surface area (Å²) in [6.45, 7) is 0. The number of thioether (sulfide) groups is 1. The van der Waals surface area contributed by atoms with Gasteiger partial charge in [-0.25, -0.2) is 4.98 Å². The van der Waals surface area contributed by atoms with E-state index in [1.165, 1.54) is 11.8 Å². The van der Waals surface area contributed by atoms with Crippen molar-refractivity contribution in [2.24, 2.45) is 0 Å². The van der Waals surface area contributed by atoms with Crippen LogP contribution in [-0.2, 0) is 10.5 Å². The van der Waals surface area contributed by atoms with Crippen LogP contribution in [0.25, 0.3) is 0 Å². The number of benzene rings is 2. The van der Waals surface area contributed by atoms with E-state index in [0.29, 0.717) is 32.3 Å². The summed E-state index contributed by atoms with van der Waals surface area (Å²) in [6.07, 6.45) is 0.174. The van der Waals surface area contributed by atoms with Crippen LogP contribution >= 0.6 is 35.0 Å². The number of aromatic amines is 1. The van der Waals surface area contributed by atoms with Crippen LogP contribution in [0.3, 0.4) is 0 Å². The number of carbonyl (C=O) groups is 1. The molecule has 1 amide bonds. The average Bonchev–Trinajstić information content (AvgIpc) is 2.65. The number of anilines is 1. The van der Waals surface area contributed by atoms with Gasteiger partial charge in [0.2, 0.25) is 5.91 Å². The van der Waals surface area contributed by atoms with E-state index in [0.717, 1.165) is 11.1 Å². The Morgan fingerprint density at radius 2 is 1.82 bits per heavy atom. The minimum Gasteiger partial charge on any atom is -0.310 e. The minimum atomic E-state index is -0.384. The van der Waals surface area contributed by atoms with Crippen LogP contribution in [0.1, 0.15) is 29.0 Å². The van der Waals surface area contributed by atoms with E-state index in [2.05, 4.69) is 15.3 Å². The summed E-state index contributed by atoms with van der Waals surface area (Å²) in [6, 6.07) is 14.7. The van der Waals surface area contributed by atoms with Crippen molar-refractivity contribution in [1.82, 2.24) is 9.97 Å². The first kappa shape index (κ1) is 19.1. The summed E-state index contributed by atoms with van der Waals surface area (Å²) in [4.78, 5) is 32.3. The lowest BCUT2D eigenvalue weighted by Gasteiger charge is -2.24. The number of nitrogens with one attached hydrogen (secondary N) is 2. The zero-order valence-electron chi connectivity index (χ0n) is 14.5. The smallest absolute Gasteiger partial charge is 0.257 e. The molecule has 2 aromatic carbocycles. The molecule has 3 aromatic rings. The van der Waals surface area contributed by atoms with Gasteiger partial charge in [-0.2, -0.15) is 0 Å². The van der Waals surface area contributed by atoms with Gasteiger partial charge in [0.15, 0.2) is 5.16 Å². The molecule has 28 heavy (non-hydrogen) atoms. The van der Waals surface area contributed by atoms with Gasteiger partial charge in [0.1, 0.15) is 5.82 Å². The molecule has 5 nitrogen and oxygen atoms in total. The molecule has 1 unspecified atom stereocenters. The molecule has 0 bridgehead atoms. The van der Waals surface area contributed by atoms with Crippen molar-refractivity contribution in [3.8, 4) is 0 Å². The van der Waals surface area contributed by atoms with Gasteiger partial charge >= 0.3 is 0 Å². The van der Waals surface area contributed by atoms with Crippen LogP contribution in [0.5, 0.6) is 0 Å². The van der Waals surface area contributed by atoms with Gasteiger partial charge in [-0.15, -0.1) is 0 Å². The maximum absolute atomic E-state index is 12.8. The van der Waals surface area contributed by atoms with Crippen molar-refractivity contribution >= 4 is 46.7 Å². The molecule has 1 aliphatic heterocycles. The summed E-state index contributed by atoms with van der Waals surface area (Å²) in [5, 5.41) is 4.38. The summed E-state index contributed by atoms with van der Waals surface area (Å²) in [5.41, 5.74) is 2.02. The van der Waals surface area contributed by atoms with Crippen molar-refractivity contribution in [2.75, 3.05) is 5.32 Å². The largest absolute Gasteiger partial charge is 0.310 e. The van der Waals surface area contributed by atoms with Crippen LogP contribution in [0.4, 0.5) is 5.82 Å². The fourth-order valence-electron chi connectivity index (χ4n) is 3.21. The number of fused-ring (bicyclic) bond motifs is 1. The Morgan fingerprint density at radius 3 is 2.57 bits per heavy atom. The number of carbonyl (C=O) groups excluding carboxylic acids is 1. The first-order valence-electron chi connectivity index (χ1n) is 8.56. The number of halogens is 2. The van der Waals surface area contributed by atoms with Gasteiger partial charge < -0.3 is 10.3 Å². The van der Waals surface area contributed by atoms with Gasteiger partial charge in [-0.3, -0.25) is 9.59 Å². The quantitative estimate of drug-likeness (QED) is 0.457. The lowest BCUT2D eigenvalue weighted by molar-refractivity contribution is -0.116. The van der Waals surface area contributed by atoms with Crippen LogP contribution in [-0.4, -0.2) is 15.9 Å². The van der Waals surface area contributed by atoms with Gasteiger partial charge in [-0.1, -0.05) is 59.2 Å². The average molecular weight is 432 g/mol. The third-order valence-electron chi connectivity index (χ3n) is 4.44. The van der Waals surface area contributed by atoms with E-state index in [1.54, 1.807) is 24.3 Å². The van der Waals surface area contributed by atoms with E-state index < -0.39 is 0 Å². The van der Waals surface area contributed by atoms with E-state index in [9.17, 15) is 9.59 Å². The topological polar surface area (TPSA) is 74.8 Å². The maximum atomic E-state index is 12.8. The highest BCUT2D eigenvalue weighted by Crippen LogP contribution is 2.35. The Kier molecular flexibility index (Phi) is 5.44. The number of hydrogen-bond acceptors (Lipinski definition) is 4. The number of rotatable bonds is 4. The SMILES string of the molecule is O=C1CC(c2cccc(Cl)c2)c2c(nc(SCc3cccc(Cl)c3)[nH]c2=O)N1. The zero-order valence-corrected chi connectivity index (χ0v) is 16.9. The number of H-pyrrole nitrogens is 1. The molecule has 2 N–H and O–H groups in total. The second-order valence-corrected chi connectivity index (χ2v) is 8.25. The summed E-state index contributed by atoms with van der Waals surface area (Å²) >= 11 is 13.5. The number of hydrogen-bond donors (Lipinski definition) is 2. The first-order chi connectivity index (χ1) is 13.5. The highest BCUT2D eigenvalue weighted by atomic mass is 35.5. The second-order valence-electron chi connectivity index (χ2n) is 6.41. The highest BCUT2D eigenvalue weighted by molar-refractivity contribution is 7.98. The highest BCUT2D eigenvalue weighted by Gasteiger charge is 2.31. The van der Waals surface area contributed by atoms with Gasteiger partial charge in [0.05, 0.1) is 5.56 Å². The monoisotopic (exact) mass is 431 g/mol. The summed E-state index contributed by atoms with van der Waals surface area (Å²) < 4.78 is 0. The summed E-state index contributed by atoms with van der Waals surface area (Å²) in [7, 11) is 0. The molecule has 0 aliphatic carbocycles. The molecule has 1 aromatic heterocycles. The third-order valence-corrected chi connectivity index (χ3v) is 5.86.